The Morgan fingerprint density at radius 1 is 1.32 bits per heavy atom. The van der Waals surface area contributed by atoms with Gasteiger partial charge in [-0.05, 0) is 49.6 Å². The third-order valence-corrected chi connectivity index (χ3v) is 5.44. The lowest BCUT2D eigenvalue weighted by Gasteiger charge is -2.33. The topological polar surface area (TPSA) is 35.6 Å². The molecule has 3 aliphatic heterocycles. The van der Waals surface area contributed by atoms with Crippen LogP contribution in [-0.2, 0) is 4.79 Å². The summed E-state index contributed by atoms with van der Waals surface area (Å²) in [6, 6.07) is 7.96. The van der Waals surface area contributed by atoms with Crippen LogP contribution in [0.2, 0.25) is 5.02 Å². The molecule has 1 atom stereocenters. The average molecular weight is 356 g/mol. The van der Waals surface area contributed by atoms with E-state index in [0.29, 0.717) is 13.0 Å². The van der Waals surface area contributed by atoms with Gasteiger partial charge in [0.15, 0.2) is 0 Å². The van der Waals surface area contributed by atoms with Crippen molar-refractivity contribution in [1.82, 2.24) is 15.1 Å². The maximum atomic E-state index is 12.0. The van der Waals surface area contributed by atoms with Crippen LogP contribution in [0.3, 0.4) is 0 Å². The Labute approximate surface area is 153 Å². The highest BCUT2D eigenvalue weighted by atomic mass is 35.5. The van der Waals surface area contributed by atoms with E-state index >= 15 is 0 Å². The number of fused-ring (bicyclic) bond motifs is 1. The van der Waals surface area contributed by atoms with Gasteiger partial charge in [0.2, 0.25) is 5.91 Å². The molecule has 1 fully saturated rings. The fourth-order valence-electron chi connectivity index (χ4n) is 3.75. The van der Waals surface area contributed by atoms with Gasteiger partial charge in [0.05, 0.1) is 0 Å². The first-order chi connectivity index (χ1) is 12.0. The van der Waals surface area contributed by atoms with Crippen LogP contribution in [0.25, 0.3) is 5.57 Å². The van der Waals surface area contributed by atoms with Gasteiger partial charge in [0.25, 0.3) is 0 Å². The van der Waals surface area contributed by atoms with E-state index in [-0.39, 0.29) is 12.1 Å². The van der Waals surface area contributed by atoms with Crippen LogP contribution < -0.4 is 5.32 Å². The quantitative estimate of drug-likeness (QED) is 0.897. The summed E-state index contributed by atoms with van der Waals surface area (Å²) in [5.74, 6) is 0.253. The van der Waals surface area contributed by atoms with Gasteiger partial charge in [-0.3, -0.25) is 4.79 Å². The van der Waals surface area contributed by atoms with Crippen molar-refractivity contribution in [3.63, 3.8) is 0 Å². The predicted octanol–water partition coefficient (Wildman–Crippen LogP) is 3.73. The standard InChI is InChI=1S/C20H22ClN3O/c1-13-14(2)24-12-15(11-23-8-4-7-19(23)25)9-18(20(24)22-13)16-5-3-6-17(21)10-16/h3,5-6,9-10,12,20,22H,4,7-8,11H2,1-2H3. The number of nitrogens with one attached hydrogen (secondary N) is 1. The van der Waals surface area contributed by atoms with Crippen molar-refractivity contribution in [1.29, 1.82) is 0 Å². The van der Waals surface area contributed by atoms with Gasteiger partial charge >= 0.3 is 0 Å². The molecule has 1 unspecified atom stereocenters. The number of hydrogen-bond acceptors (Lipinski definition) is 3. The lowest BCUT2D eigenvalue weighted by Crippen LogP contribution is -2.38. The SMILES string of the molecule is CC1=C(C)N2C=C(CN3CCCC3=O)C=C(c3cccc(Cl)c3)C2N1. The minimum atomic E-state index is 0.0801. The maximum absolute atomic E-state index is 12.0. The Balaban J connectivity index is 1.71. The van der Waals surface area contributed by atoms with Gasteiger partial charge in [-0.2, -0.15) is 0 Å². The zero-order chi connectivity index (χ0) is 17.6. The van der Waals surface area contributed by atoms with Gasteiger partial charge in [-0.25, -0.2) is 0 Å². The second-order valence-electron chi connectivity index (χ2n) is 6.90. The number of carbonyl (C=O) groups excluding carboxylic acids is 1. The number of hydrogen-bond donors (Lipinski definition) is 1. The molecule has 4 rings (SSSR count). The highest BCUT2D eigenvalue weighted by Gasteiger charge is 2.33. The fourth-order valence-corrected chi connectivity index (χ4v) is 3.94. The molecule has 0 aliphatic carbocycles. The van der Waals surface area contributed by atoms with E-state index in [1.54, 1.807) is 0 Å². The van der Waals surface area contributed by atoms with Crippen LogP contribution >= 0.6 is 11.6 Å². The van der Waals surface area contributed by atoms with Gasteiger partial charge in [0.1, 0.15) is 6.17 Å². The fraction of sp³-hybridized carbons (Fsp3) is 0.350. The molecule has 0 radical (unpaired) electrons. The van der Waals surface area contributed by atoms with Crippen LogP contribution in [0, 0.1) is 0 Å². The van der Waals surface area contributed by atoms with Crippen LogP contribution in [0.4, 0.5) is 0 Å². The van der Waals surface area contributed by atoms with Gasteiger partial charge in [-0.15, -0.1) is 0 Å². The molecule has 5 heteroatoms. The molecule has 130 valence electrons. The molecule has 0 spiro atoms. The minimum absolute atomic E-state index is 0.0801. The summed E-state index contributed by atoms with van der Waals surface area (Å²) in [6.07, 6.45) is 6.09. The van der Waals surface area contributed by atoms with Crippen molar-refractivity contribution >= 4 is 23.1 Å². The number of halogens is 1. The molecule has 4 nitrogen and oxygen atoms in total. The monoisotopic (exact) mass is 355 g/mol. The predicted molar refractivity (Wildman–Crippen MR) is 100 cm³/mol. The first kappa shape index (κ1) is 16.3. The number of nitrogens with zero attached hydrogens (tertiary/aromatic N) is 2. The van der Waals surface area contributed by atoms with E-state index in [4.69, 9.17) is 11.6 Å². The highest BCUT2D eigenvalue weighted by molar-refractivity contribution is 6.30. The summed E-state index contributed by atoms with van der Waals surface area (Å²) in [6.45, 7) is 5.74. The third-order valence-electron chi connectivity index (χ3n) is 5.20. The van der Waals surface area contributed by atoms with E-state index in [9.17, 15) is 4.79 Å². The number of rotatable bonds is 3. The normalized spacial score (nSPS) is 22.8. The van der Waals surface area contributed by atoms with E-state index in [0.717, 1.165) is 29.1 Å². The van der Waals surface area contributed by atoms with E-state index in [2.05, 4.69) is 42.4 Å². The largest absolute Gasteiger partial charge is 0.363 e. The Bertz CT molecular complexity index is 824. The Kier molecular flexibility index (Phi) is 4.08. The average Bonchev–Trinajstić information content (AvgIpc) is 3.11. The molecule has 0 aromatic heterocycles. The molecule has 1 N–H and O–H groups in total. The molecule has 1 aromatic rings. The van der Waals surface area contributed by atoms with Crippen molar-refractivity contribution < 1.29 is 4.79 Å². The van der Waals surface area contributed by atoms with E-state index in [1.165, 1.54) is 17.0 Å². The van der Waals surface area contributed by atoms with Crippen molar-refractivity contribution in [2.24, 2.45) is 0 Å². The molecule has 3 heterocycles. The zero-order valence-electron chi connectivity index (χ0n) is 14.6. The van der Waals surface area contributed by atoms with E-state index in [1.807, 2.05) is 23.1 Å². The smallest absolute Gasteiger partial charge is 0.222 e. The summed E-state index contributed by atoms with van der Waals surface area (Å²) in [4.78, 5) is 16.2. The number of carbonyl (C=O) groups is 1. The summed E-state index contributed by atoms with van der Waals surface area (Å²) in [5, 5.41) is 4.30. The van der Waals surface area contributed by atoms with Gasteiger partial charge in [0, 0.05) is 47.7 Å². The van der Waals surface area contributed by atoms with Crippen molar-refractivity contribution in [3.05, 3.63) is 64.1 Å². The van der Waals surface area contributed by atoms with Crippen LogP contribution in [0.15, 0.2) is 53.5 Å². The minimum Gasteiger partial charge on any atom is -0.363 e. The summed E-state index contributed by atoms with van der Waals surface area (Å²) >= 11 is 6.22. The van der Waals surface area contributed by atoms with E-state index < -0.39 is 0 Å². The van der Waals surface area contributed by atoms with Crippen LogP contribution in [-0.4, -0.2) is 35.0 Å². The van der Waals surface area contributed by atoms with Crippen LogP contribution in [0.1, 0.15) is 32.3 Å². The lowest BCUT2D eigenvalue weighted by molar-refractivity contribution is -0.127. The van der Waals surface area contributed by atoms with Crippen molar-refractivity contribution in [2.75, 3.05) is 13.1 Å². The molecule has 1 amide bonds. The number of amides is 1. The molecular weight excluding hydrogens is 334 g/mol. The third kappa shape index (κ3) is 2.95. The lowest BCUT2D eigenvalue weighted by atomic mass is 9.97. The highest BCUT2D eigenvalue weighted by Crippen LogP contribution is 2.35. The Morgan fingerprint density at radius 3 is 2.88 bits per heavy atom. The van der Waals surface area contributed by atoms with Crippen LogP contribution in [0.5, 0.6) is 0 Å². The molecule has 3 aliphatic rings. The van der Waals surface area contributed by atoms with Gasteiger partial charge in [-0.1, -0.05) is 23.7 Å². The van der Waals surface area contributed by atoms with Crippen molar-refractivity contribution in [3.8, 4) is 0 Å². The molecule has 1 aromatic carbocycles. The number of allylic oxidation sites excluding steroid dienone is 2. The summed E-state index contributed by atoms with van der Waals surface area (Å²) in [5.41, 5.74) is 5.83. The maximum Gasteiger partial charge on any atom is 0.222 e. The molecule has 0 bridgehead atoms. The van der Waals surface area contributed by atoms with Gasteiger partial charge < -0.3 is 15.1 Å². The first-order valence-electron chi connectivity index (χ1n) is 8.71. The second kappa shape index (κ2) is 6.26. The zero-order valence-corrected chi connectivity index (χ0v) is 15.3. The Hall–Kier alpha value is -2.20. The molecule has 1 saturated heterocycles. The summed E-state index contributed by atoms with van der Waals surface area (Å²) < 4.78 is 0. The second-order valence-corrected chi connectivity index (χ2v) is 7.33. The summed E-state index contributed by atoms with van der Waals surface area (Å²) in [7, 11) is 0. The molecule has 0 saturated carbocycles. The molecular formula is C20H22ClN3O. The first-order valence-corrected chi connectivity index (χ1v) is 9.09. The molecule has 25 heavy (non-hydrogen) atoms. The van der Waals surface area contributed by atoms with Crippen molar-refractivity contribution in [2.45, 2.75) is 32.9 Å². The Morgan fingerprint density at radius 2 is 2.16 bits per heavy atom. The number of benzene rings is 1. The number of likely N-dealkylation sites (tertiary alicyclic amines) is 1.